The van der Waals surface area contributed by atoms with Crippen LogP contribution in [0.5, 0.6) is 0 Å². The molecule has 1 aliphatic heterocycles. The fourth-order valence-electron chi connectivity index (χ4n) is 3.77. The minimum absolute atomic E-state index is 0.0955. The zero-order valence-corrected chi connectivity index (χ0v) is 17.0. The van der Waals surface area contributed by atoms with E-state index in [1.54, 1.807) is 13.0 Å². The van der Waals surface area contributed by atoms with Gasteiger partial charge in [-0.05, 0) is 43.3 Å². The van der Waals surface area contributed by atoms with Crippen LogP contribution in [-0.2, 0) is 5.54 Å². The Balaban J connectivity index is 2.18. The predicted molar refractivity (Wildman–Crippen MR) is 106 cm³/mol. The van der Waals surface area contributed by atoms with Crippen LogP contribution in [0, 0.1) is 12.7 Å². The number of aromatic nitrogens is 2. The molecule has 1 aromatic heterocycles. The molecule has 3 aromatic rings. The number of rotatable bonds is 2. The van der Waals surface area contributed by atoms with E-state index in [9.17, 15) is 40.3 Å². The molecule has 4 rings (SSSR count). The van der Waals surface area contributed by atoms with E-state index >= 15 is 0 Å². The standard InChI is InChI=1S/C21H13F7N4O2/c1-10-3-2-4-11(9-10)15-29-16-14(19(31-15,20(23,24)25)21(26,27)28)17(33)30-18(34)32(16)13-7-5-12(22)6-8-13/h2-9H,1H3,(H,29,31)(H,30,33,34)/p+1. The van der Waals surface area contributed by atoms with Crippen molar-refractivity contribution in [3.8, 4) is 5.69 Å². The molecule has 0 radical (unpaired) electrons. The number of alkyl halides is 6. The summed E-state index contributed by atoms with van der Waals surface area (Å²) in [5, 5.41) is 2.36. The summed E-state index contributed by atoms with van der Waals surface area (Å²) < 4.78 is 99.6. The van der Waals surface area contributed by atoms with Crippen LogP contribution < -0.4 is 21.6 Å². The first-order chi connectivity index (χ1) is 15.8. The minimum Gasteiger partial charge on any atom is -0.273 e. The lowest BCUT2D eigenvalue weighted by Crippen LogP contribution is -2.97. The molecule has 0 saturated heterocycles. The molecule has 0 aliphatic carbocycles. The van der Waals surface area contributed by atoms with Crippen molar-refractivity contribution in [2.24, 2.45) is 0 Å². The number of nitrogens with one attached hydrogen (secondary N) is 3. The molecule has 0 unspecified atom stereocenters. The average Bonchev–Trinajstić information content (AvgIpc) is 2.72. The summed E-state index contributed by atoms with van der Waals surface area (Å²) in [5.74, 6) is -2.58. The third-order valence-electron chi connectivity index (χ3n) is 5.28. The molecule has 34 heavy (non-hydrogen) atoms. The summed E-state index contributed by atoms with van der Waals surface area (Å²) >= 11 is 0. The molecule has 2 heterocycles. The number of aryl methyl sites for hydroxylation is 1. The van der Waals surface area contributed by atoms with E-state index < -0.39 is 52.2 Å². The molecule has 0 amide bonds. The molecule has 2 aromatic carbocycles. The molecule has 0 bridgehead atoms. The first-order valence-corrected chi connectivity index (χ1v) is 9.54. The number of hydrogen-bond acceptors (Lipinski definition) is 3. The zero-order chi connectivity index (χ0) is 25.1. The van der Waals surface area contributed by atoms with Crippen molar-refractivity contribution >= 4 is 11.7 Å². The lowest BCUT2D eigenvalue weighted by molar-refractivity contribution is -0.658. The lowest BCUT2D eigenvalue weighted by Gasteiger charge is -2.35. The van der Waals surface area contributed by atoms with Crippen molar-refractivity contribution in [2.45, 2.75) is 24.8 Å². The first kappa shape index (κ1) is 23.3. The van der Waals surface area contributed by atoms with Crippen LogP contribution in [-0.4, -0.2) is 27.7 Å². The van der Waals surface area contributed by atoms with Crippen LogP contribution in [0.4, 0.5) is 36.6 Å². The summed E-state index contributed by atoms with van der Waals surface area (Å²) in [6.07, 6.45) is -12.1. The van der Waals surface area contributed by atoms with Crippen molar-refractivity contribution in [3.63, 3.8) is 0 Å². The summed E-state index contributed by atoms with van der Waals surface area (Å²) in [4.78, 5) is 28.1. The highest BCUT2D eigenvalue weighted by Crippen LogP contribution is 2.48. The van der Waals surface area contributed by atoms with E-state index in [0.29, 0.717) is 10.1 Å². The van der Waals surface area contributed by atoms with Crippen LogP contribution >= 0.6 is 0 Å². The van der Waals surface area contributed by atoms with Crippen LogP contribution in [0.3, 0.4) is 0 Å². The fourth-order valence-corrected chi connectivity index (χ4v) is 3.77. The highest BCUT2D eigenvalue weighted by Gasteiger charge is 2.78. The van der Waals surface area contributed by atoms with Crippen molar-refractivity contribution in [2.75, 3.05) is 5.32 Å². The Hall–Kier alpha value is -3.90. The van der Waals surface area contributed by atoms with E-state index in [4.69, 9.17) is 0 Å². The van der Waals surface area contributed by atoms with Gasteiger partial charge in [0.1, 0.15) is 11.4 Å². The monoisotopic (exact) mass is 487 g/mol. The van der Waals surface area contributed by atoms with E-state index in [2.05, 4.69) is 5.32 Å². The van der Waals surface area contributed by atoms with Gasteiger partial charge in [-0.1, -0.05) is 17.7 Å². The summed E-state index contributed by atoms with van der Waals surface area (Å²) in [5.41, 5.74) is -9.76. The van der Waals surface area contributed by atoms with Gasteiger partial charge in [0.2, 0.25) is 5.82 Å². The summed E-state index contributed by atoms with van der Waals surface area (Å²) in [7, 11) is 0. The molecule has 0 saturated carbocycles. The van der Waals surface area contributed by atoms with Gasteiger partial charge in [0, 0.05) is 0 Å². The molecule has 1 aliphatic rings. The van der Waals surface area contributed by atoms with Crippen molar-refractivity contribution < 1.29 is 35.7 Å². The van der Waals surface area contributed by atoms with Gasteiger partial charge in [0.25, 0.3) is 11.4 Å². The first-order valence-electron chi connectivity index (χ1n) is 9.54. The second kappa shape index (κ2) is 7.57. The summed E-state index contributed by atoms with van der Waals surface area (Å²) in [6.45, 7) is 1.57. The number of nitrogens with zero attached hydrogens (tertiary/aromatic N) is 1. The number of fused-ring (bicyclic) bond motifs is 1. The molecule has 178 valence electrons. The van der Waals surface area contributed by atoms with Crippen molar-refractivity contribution in [3.05, 3.63) is 91.9 Å². The van der Waals surface area contributed by atoms with Gasteiger partial charge >= 0.3 is 23.6 Å². The van der Waals surface area contributed by atoms with Crippen LogP contribution in [0.1, 0.15) is 16.7 Å². The Kier molecular flexibility index (Phi) is 5.18. The largest absolute Gasteiger partial charge is 0.446 e. The third kappa shape index (κ3) is 3.47. The number of aromatic amines is 1. The van der Waals surface area contributed by atoms with Gasteiger partial charge in [0.05, 0.1) is 11.3 Å². The Morgan fingerprint density at radius 1 is 0.941 bits per heavy atom. The molecule has 0 atom stereocenters. The van der Waals surface area contributed by atoms with Gasteiger partial charge in [-0.15, -0.1) is 0 Å². The van der Waals surface area contributed by atoms with Crippen molar-refractivity contribution in [1.82, 2.24) is 9.55 Å². The number of amidine groups is 1. The predicted octanol–water partition coefficient (Wildman–Crippen LogP) is 2.25. The number of hydrogen-bond donors (Lipinski definition) is 3. The van der Waals surface area contributed by atoms with Gasteiger partial charge in [-0.25, -0.2) is 24.1 Å². The Bertz CT molecular complexity index is 1400. The number of anilines is 1. The molecule has 0 spiro atoms. The molecule has 13 heteroatoms. The maximum absolute atomic E-state index is 14.3. The Morgan fingerprint density at radius 2 is 1.56 bits per heavy atom. The van der Waals surface area contributed by atoms with Gasteiger partial charge in [-0.2, -0.15) is 26.3 Å². The Labute approximate surface area is 185 Å². The quantitative estimate of drug-likeness (QED) is 0.486. The van der Waals surface area contributed by atoms with E-state index in [1.807, 2.05) is 0 Å². The normalized spacial score (nSPS) is 15.4. The fraction of sp³-hybridized carbons (Fsp3) is 0.190. The zero-order valence-electron chi connectivity index (χ0n) is 17.0. The third-order valence-corrected chi connectivity index (χ3v) is 5.28. The van der Waals surface area contributed by atoms with E-state index in [1.165, 1.54) is 28.2 Å². The second-order valence-electron chi connectivity index (χ2n) is 7.53. The van der Waals surface area contributed by atoms with Crippen LogP contribution in [0.15, 0.2) is 58.1 Å². The highest BCUT2D eigenvalue weighted by atomic mass is 19.4. The Morgan fingerprint density at radius 3 is 2.12 bits per heavy atom. The molecule has 0 fully saturated rings. The molecular weight excluding hydrogens is 473 g/mol. The van der Waals surface area contributed by atoms with Crippen molar-refractivity contribution in [1.29, 1.82) is 0 Å². The number of H-pyrrole nitrogens is 1. The minimum atomic E-state index is -6.07. The average molecular weight is 487 g/mol. The van der Waals surface area contributed by atoms with E-state index in [0.717, 1.165) is 24.3 Å². The number of halogens is 7. The van der Waals surface area contributed by atoms with Gasteiger partial charge in [-0.3, -0.25) is 9.78 Å². The highest BCUT2D eigenvalue weighted by molar-refractivity contribution is 6.05. The molecular formula is C21H14F7N4O2+. The second-order valence-corrected chi connectivity index (χ2v) is 7.53. The maximum Gasteiger partial charge on any atom is 0.446 e. The molecule has 6 nitrogen and oxygen atoms in total. The SMILES string of the molecule is Cc1cccc(C2=[NH+]C(C(F)(F)F)(C(F)(F)F)c3c(n(-c4ccc(F)cc4)c(=O)[nH]c3=O)N2)c1. The smallest absolute Gasteiger partial charge is 0.273 e. The summed E-state index contributed by atoms with van der Waals surface area (Å²) in [6, 6.07) is 9.18. The van der Waals surface area contributed by atoms with Crippen LogP contribution in [0.25, 0.3) is 5.69 Å². The number of benzene rings is 2. The topological polar surface area (TPSA) is 80.9 Å². The maximum atomic E-state index is 14.3. The lowest BCUT2D eigenvalue weighted by atomic mass is 9.87. The van der Waals surface area contributed by atoms with Crippen LogP contribution in [0.2, 0.25) is 0 Å². The van der Waals surface area contributed by atoms with Gasteiger partial charge < -0.3 is 0 Å². The van der Waals surface area contributed by atoms with Gasteiger partial charge in [0.15, 0.2) is 0 Å². The molecule has 3 N–H and O–H groups in total. The van der Waals surface area contributed by atoms with E-state index in [-0.39, 0.29) is 11.3 Å².